The van der Waals surface area contributed by atoms with Crippen LogP contribution in [0.4, 0.5) is 8.78 Å². The van der Waals surface area contributed by atoms with Crippen molar-refractivity contribution < 1.29 is 23.5 Å². The van der Waals surface area contributed by atoms with Crippen LogP contribution in [0.2, 0.25) is 0 Å². The highest BCUT2D eigenvalue weighted by Crippen LogP contribution is 2.32. The topological polar surface area (TPSA) is 70.5 Å². The molecule has 1 N–H and O–H groups in total. The summed E-state index contributed by atoms with van der Waals surface area (Å²) in [6.45, 7) is -0.000333. The zero-order valence-electron chi connectivity index (χ0n) is 13.7. The first-order valence-electron chi connectivity index (χ1n) is 7.75. The molecule has 3 rings (SSSR count). The number of hydrogen-bond acceptors (Lipinski definition) is 5. The number of carbonyl (C=O) groups excluding carboxylic acids is 1. The van der Waals surface area contributed by atoms with Crippen LogP contribution < -0.4 is 0 Å². The summed E-state index contributed by atoms with van der Waals surface area (Å²) in [5.74, 6) is -3.32. The maximum atomic E-state index is 13.4. The summed E-state index contributed by atoms with van der Waals surface area (Å²) in [5, 5.41) is 8.76. The molecule has 27 heavy (non-hydrogen) atoms. The lowest BCUT2D eigenvalue weighted by Crippen LogP contribution is -2.30. The first-order valence-corrected chi connectivity index (χ1v) is 8.97. The van der Waals surface area contributed by atoms with Gasteiger partial charge in [-0.05, 0) is 36.4 Å². The lowest BCUT2D eigenvalue weighted by atomic mass is 10.1. The van der Waals surface area contributed by atoms with E-state index >= 15 is 0 Å². The summed E-state index contributed by atoms with van der Waals surface area (Å²) in [4.78, 5) is 29.0. The molecular formula is C18H12F2N2O3S2. The Morgan fingerprint density at radius 1 is 1.26 bits per heavy atom. The number of aromatic nitrogens is 1. The summed E-state index contributed by atoms with van der Waals surface area (Å²) >= 11 is 6.19. The molecule has 2 heterocycles. The van der Waals surface area contributed by atoms with Gasteiger partial charge in [0.15, 0.2) is 11.6 Å². The second-order valence-electron chi connectivity index (χ2n) is 5.55. The minimum absolute atomic E-state index is 0.000333. The average Bonchev–Trinajstić information content (AvgIpc) is 2.89. The lowest BCUT2D eigenvalue weighted by Gasteiger charge is -2.12. The molecule has 0 aliphatic carbocycles. The molecule has 0 unspecified atom stereocenters. The number of rotatable bonds is 5. The van der Waals surface area contributed by atoms with E-state index in [0.29, 0.717) is 21.9 Å². The van der Waals surface area contributed by atoms with Crippen molar-refractivity contribution in [1.29, 1.82) is 0 Å². The number of amides is 1. The zero-order valence-corrected chi connectivity index (χ0v) is 15.3. The number of carbonyl (C=O) groups is 2. The Labute approximate surface area is 162 Å². The summed E-state index contributed by atoms with van der Waals surface area (Å²) in [5.41, 5.74) is 1.26. The van der Waals surface area contributed by atoms with Crippen LogP contribution in [0.25, 0.3) is 17.3 Å². The van der Waals surface area contributed by atoms with Crippen LogP contribution in [0.5, 0.6) is 0 Å². The van der Waals surface area contributed by atoms with Crippen LogP contribution in [0.3, 0.4) is 0 Å². The number of benzene rings is 1. The van der Waals surface area contributed by atoms with Crippen LogP contribution in [0.15, 0.2) is 41.3 Å². The van der Waals surface area contributed by atoms with Crippen LogP contribution in [-0.2, 0) is 9.59 Å². The number of halogens is 2. The summed E-state index contributed by atoms with van der Waals surface area (Å²) in [7, 11) is 0. The smallest absolute Gasteiger partial charge is 0.305 e. The third kappa shape index (κ3) is 4.37. The van der Waals surface area contributed by atoms with Gasteiger partial charge in [0, 0.05) is 12.1 Å². The predicted octanol–water partition coefficient (Wildman–Crippen LogP) is 3.70. The Morgan fingerprint density at radius 2 is 2.04 bits per heavy atom. The minimum atomic E-state index is -1.02. The number of pyridine rings is 1. The zero-order chi connectivity index (χ0) is 19.6. The molecule has 5 nitrogen and oxygen atoms in total. The van der Waals surface area contributed by atoms with Gasteiger partial charge in [0.05, 0.1) is 22.7 Å². The highest BCUT2D eigenvalue weighted by atomic mass is 32.2. The van der Waals surface area contributed by atoms with E-state index < -0.39 is 17.6 Å². The molecule has 0 bridgehead atoms. The minimum Gasteiger partial charge on any atom is -0.481 e. The first kappa shape index (κ1) is 19.1. The molecule has 1 amide bonds. The van der Waals surface area contributed by atoms with Gasteiger partial charge in [-0.2, -0.15) is 0 Å². The van der Waals surface area contributed by atoms with E-state index in [4.69, 9.17) is 17.3 Å². The molecule has 138 valence electrons. The van der Waals surface area contributed by atoms with Gasteiger partial charge in [0.25, 0.3) is 5.91 Å². The maximum Gasteiger partial charge on any atom is 0.305 e. The molecule has 0 atom stereocenters. The third-order valence-electron chi connectivity index (χ3n) is 3.69. The van der Waals surface area contributed by atoms with Crippen molar-refractivity contribution in [2.24, 2.45) is 0 Å². The molecule has 2 aromatic rings. The molecule has 0 radical (unpaired) electrons. The first-order chi connectivity index (χ1) is 12.8. The largest absolute Gasteiger partial charge is 0.481 e. The molecule has 1 aliphatic rings. The van der Waals surface area contributed by atoms with Crippen molar-refractivity contribution in [1.82, 2.24) is 9.88 Å². The SMILES string of the molecule is O=C(O)CCN1C(=O)/C(=C/c2cccc(-c3ccc(F)c(F)c3)n2)SC1=S. The van der Waals surface area contributed by atoms with Crippen LogP contribution >= 0.6 is 24.0 Å². The van der Waals surface area contributed by atoms with Gasteiger partial charge in [-0.3, -0.25) is 14.5 Å². The Morgan fingerprint density at radius 3 is 2.74 bits per heavy atom. The van der Waals surface area contributed by atoms with Crippen molar-refractivity contribution in [3.8, 4) is 11.3 Å². The Balaban J connectivity index is 1.85. The van der Waals surface area contributed by atoms with Crippen molar-refractivity contribution in [3.63, 3.8) is 0 Å². The molecule has 1 aliphatic heterocycles. The van der Waals surface area contributed by atoms with E-state index in [2.05, 4.69) is 4.98 Å². The van der Waals surface area contributed by atoms with Gasteiger partial charge in [-0.15, -0.1) is 0 Å². The fourth-order valence-electron chi connectivity index (χ4n) is 2.38. The van der Waals surface area contributed by atoms with E-state index in [1.54, 1.807) is 18.2 Å². The fraction of sp³-hybridized carbons (Fsp3) is 0.111. The highest BCUT2D eigenvalue weighted by Gasteiger charge is 2.32. The summed E-state index contributed by atoms with van der Waals surface area (Å²) in [6.07, 6.45) is 1.33. The van der Waals surface area contributed by atoms with E-state index in [-0.39, 0.29) is 23.2 Å². The second kappa shape index (κ2) is 7.93. The van der Waals surface area contributed by atoms with Crippen LogP contribution in [-0.4, -0.2) is 37.7 Å². The monoisotopic (exact) mass is 406 g/mol. The van der Waals surface area contributed by atoms with E-state index in [0.717, 1.165) is 23.9 Å². The maximum absolute atomic E-state index is 13.4. The summed E-state index contributed by atoms with van der Waals surface area (Å²) < 4.78 is 26.8. The number of aliphatic carboxylic acids is 1. The summed E-state index contributed by atoms with van der Waals surface area (Å²) in [6, 6.07) is 8.46. The number of thioether (sulfide) groups is 1. The van der Waals surface area contributed by atoms with Crippen molar-refractivity contribution in [2.45, 2.75) is 6.42 Å². The molecule has 1 fully saturated rings. The molecule has 1 aromatic carbocycles. The van der Waals surface area contributed by atoms with Crippen molar-refractivity contribution >= 4 is 46.3 Å². The molecule has 1 aromatic heterocycles. The van der Waals surface area contributed by atoms with E-state index in [1.165, 1.54) is 17.0 Å². The quantitative estimate of drug-likeness (QED) is 0.603. The van der Waals surface area contributed by atoms with Gasteiger partial charge < -0.3 is 5.11 Å². The van der Waals surface area contributed by atoms with Gasteiger partial charge in [0.2, 0.25) is 0 Å². The number of thiocarbonyl (C=S) groups is 1. The normalized spacial score (nSPS) is 15.6. The van der Waals surface area contributed by atoms with Crippen molar-refractivity contribution in [3.05, 3.63) is 58.6 Å². The highest BCUT2D eigenvalue weighted by molar-refractivity contribution is 8.26. The number of carboxylic acid groups (broad SMARTS) is 1. The Kier molecular flexibility index (Phi) is 5.62. The van der Waals surface area contributed by atoms with E-state index in [1.807, 2.05) is 0 Å². The fourth-order valence-corrected chi connectivity index (χ4v) is 3.68. The molecule has 0 saturated carbocycles. The van der Waals surface area contributed by atoms with Gasteiger partial charge in [-0.1, -0.05) is 30.0 Å². The average molecular weight is 406 g/mol. The van der Waals surface area contributed by atoms with Gasteiger partial charge in [-0.25, -0.2) is 13.8 Å². The third-order valence-corrected chi connectivity index (χ3v) is 5.07. The van der Waals surface area contributed by atoms with Crippen molar-refractivity contribution in [2.75, 3.05) is 6.54 Å². The predicted molar refractivity (Wildman–Crippen MR) is 102 cm³/mol. The number of hydrogen-bond donors (Lipinski definition) is 1. The molecule has 9 heteroatoms. The van der Waals surface area contributed by atoms with Gasteiger partial charge in [0.1, 0.15) is 4.32 Å². The van der Waals surface area contributed by atoms with E-state index in [9.17, 15) is 18.4 Å². The molecule has 0 spiro atoms. The second-order valence-corrected chi connectivity index (χ2v) is 7.23. The standard InChI is InChI=1S/C18H12F2N2O3S2/c19-12-5-4-10(8-13(12)20)14-3-1-2-11(21-14)9-15-17(25)22(18(26)27-15)7-6-16(23)24/h1-5,8-9H,6-7H2,(H,23,24)/b15-9-. The number of carboxylic acids is 1. The Bertz CT molecular complexity index is 979. The lowest BCUT2D eigenvalue weighted by molar-refractivity contribution is -0.137. The molecule has 1 saturated heterocycles. The van der Waals surface area contributed by atoms with Crippen LogP contribution in [0, 0.1) is 11.6 Å². The number of nitrogens with zero attached hydrogens (tertiary/aromatic N) is 2. The van der Waals surface area contributed by atoms with Crippen LogP contribution in [0.1, 0.15) is 12.1 Å². The molecular weight excluding hydrogens is 394 g/mol. The Hall–Kier alpha value is -2.65. The van der Waals surface area contributed by atoms with Gasteiger partial charge >= 0.3 is 5.97 Å².